The van der Waals surface area contributed by atoms with Crippen LogP contribution >= 0.6 is 0 Å². The van der Waals surface area contributed by atoms with Gasteiger partial charge < -0.3 is 19.0 Å². The molecule has 0 spiro atoms. The average Bonchev–Trinajstić information content (AvgIpc) is 2.56. The van der Waals surface area contributed by atoms with Crippen LogP contribution in [0.2, 0.25) is 0 Å². The van der Waals surface area contributed by atoms with E-state index < -0.39 is 18.1 Å². The van der Waals surface area contributed by atoms with Gasteiger partial charge in [-0.15, -0.1) is 0 Å². The molecule has 0 saturated heterocycles. The summed E-state index contributed by atoms with van der Waals surface area (Å²) in [4.78, 5) is 23.5. The minimum Gasteiger partial charge on any atom is -0.390 e. The van der Waals surface area contributed by atoms with Crippen molar-refractivity contribution in [2.24, 2.45) is 5.84 Å². The van der Waals surface area contributed by atoms with Crippen LogP contribution in [0.15, 0.2) is 30.3 Å². The van der Waals surface area contributed by atoms with E-state index in [2.05, 4.69) is 0 Å². The van der Waals surface area contributed by atoms with Crippen LogP contribution in [0.3, 0.4) is 0 Å². The van der Waals surface area contributed by atoms with Gasteiger partial charge in [0.1, 0.15) is 12.3 Å². The lowest BCUT2D eigenvalue weighted by Crippen LogP contribution is -2.51. The second-order valence-corrected chi connectivity index (χ2v) is 5.23. The van der Waals surface area contributed by atoms with Gasteiger partial charge in [0.25, 0.3) is 0 Å². The standard InChI is InChI=1S/C17H26N2O5/c1-4-22-17(3,23-5-2)24-16(21)19(18)15(13-20)12-11-14-9-7-6-8-10-14/h6-10,13,15H,4-5,11-12,18H2,1-3H3. The maximum absolute atomic E-state index is 12.2. The fourth-order valence-electron chi connectivity index (χ4n) is 2.20. The number of aldehydes is 1. The largest absolute Gasteiger partial charge is 0.429 e. The van der Waals surface area contributed by atoms with E-state index >= 15 is 0 Å². The molecule has 0 radical (unpaired) electrons. The van der Waals surface area contributed by atoms with Crippen molar-refractivity contribution in [3.63, 3.8) is 0 Å². The zero-order valence-corrected chi connectivity index (χ0v) is 14.4. The Morgan fingerprint density at radius 3 is 2.33 bits per heavy atom. The summed E-state index contributed by atoms with van der Waals surface area (Å²) in [5.74, 6) is 4.22. The second-order valence-electron chi connectivity index (χ2n) is 5.23. The summed E-state index contributed by atoms with van der Waals surface area (Å²) in [7, 11) is 0. The molecule has 0 aliphatic rings. The van der Waals surface area contributed by atoms with Gasteiger partial charge in [0.05, 0.1) is 13.2 Å². The molecule has 7 nitrogen and oxygen atoms in total. The fourth-order valence-corrected chi connectivity index (χ4v) is 2.20. The van der Waals surface area contributed by atoms with E-state index in [1.807, 2.05) is 30.3 Å². The van der Waals surface area contributed by atoms with Gasteiger partial charge in [0, 0.05) is 6.92 Å². The number of nitrogens with zero attached hydrogens (tertiary/aromatic N) is 1. The third-order valence-electron chi connectivity index (χ3n) is 3.38. The van der Waals surface area contributed by atoms with Gasteiger partial charge in [-0.2, -0.15) is 0 Å². The Labute approximate surface area is 142 Å². The first kappa shape index (κ1) is 20.1. The summed E-state index contributed by atoms with van der Waals surface area (Å²) in [6.07, 6.45) is 0.742. The molecule has 0 aromatic heterocycles. The highest BCUT2D eigenvalue weighted by Gasteiger charge is 2.33. The molecule has 0 bridgehead atoms. The van der Waals surface area contributed by atoms with Crippen molar-refractivity contribution >= 4 is 12.4 Å². The van der Waals surface area contributed by atoms with Gasteiger partial charge in [0.15, 0.2) is 0 Å². The molecule has 0 fully saturated rings. The van der Waals surface area contributed by atoms with Crippen molar-refractivity contribution < 1.29 is 23.8 Å². The van der Waals surface area contributed by atoms with E-state index in [9.17, 15) is 9.59 Å². The smallest absolute Gasteiger partial charge is 0.390 e. The molecule has 2 N–H and O–H groups in total. The molecule has 134 valence electrons. The zero-order chi connectivity index (χ0) is 18.0. The zero-order valence-electron chi connectivity index (χ0n) is 14.4. The third kappa shape index (κ3) is 6.27. The summed E-state index contributed by atoms with van der Waals surface area (Å²) in [5.41, 5.74) is 1.06. The molecule has 1 rings (SSSR count). The number of benzene rings is 1. The number of aryl methyl sites for hydroxylation is 1. The quantitative estimate of drug-likeness (QED) is 0.231. The van der Waals surface area contributed by atoms with Gasteiger partial charge >= 0.3 is 12.1 Å². The Balaban J connectivity index is 2.64. The molecule has 7 heteroatoms. The number of nitrogens with two attached hydrogens (primary N) is 1. The molecule has 1 amide bonds. The number of carbonyl (C=O) groups excluding carboxylic acids is 2. The number of hydrazine groups is 1. The maximum atomic E-state index is 12.2. The summed E-state index contributed by atoms with van der Waals surface area (Å²) >= 11 is 0. The molecule has 1 aromatic rings. The van der Waals surface area contributed by atoms with Crippen molar-refractivity contribution in [3.8, 4) is 0 Å². The highest BCUT2D eigenvalue weighted by Crippen LogP contribution is 2.17. The van der Waals surface area contributed by atoms with Gasteiger partial charge in [0.2, 0.25) is 0 Å². The van der Waals surface area contributed by atoms with Crippen molar-refractivity contribution in [2.45, 2.75) is 45.6 Å². The maximum Gasteiger partial charge on any atom is 0.429 e. The van der Waals surface area contributed by atoms with Crippen molar-refractivity contribution in [3.05, 3.63) is 35.9 Å². The number of carbonyl (C=O) groups is 2. The molecule has 1 atom stereocenters. The molecule has 1 aromatic carbocycles. The first-order valence-corrected chi connectivity index (χ1v) is 7.99. The number of hydrogen-bond acceptors (Lipinski definition) is 6. The summed E-state index contributed by atoms with van der Waals surface area (Å²) < 4.78 is 15.8. The van der Waals surface area contributed by atoms with Gasteiger partial charge in [-0.1, -0.05) is 30.3 Å². The molecule has 0 heterocycles. The fraction of sp³-hybridized carbons (Fsp3) is 0.529. The summed E-state index contributed by atoms with van der Waals surface area (Å²) in [5, 5.41) is 0.770. The van der Waals surface area contributed by atoms with E-state index in [4.69, 9.17) is 20.1 Å². The molecular weight excluding hydrogens is 312 g/mol. The number of hydrogen-bond donors (Lipinski definition) is 1. The van der Waals surface area contributed by atoms with Gasteiger partial charge in [-0.3, -0.25) is 0 Å². The molecule has 0 aliphatic carbocycles. The van der Waals surface area contributed by atoms with E-state index in [0.29, 0.717) is 32.3 Å². The van der Waals surface area contributed by atoms with E-state index in [-0.39, 0.29) is 0 Å². The first-order valence-electron chi connectivity index (χ1n) is 7.99. The van der Waals surface area contributed by atoms with Crippen LogP contribution in [0, 0.1) is 0 Å². The van der Waals surface area contributed by atoms with Crippen LogP contribution in [-0.2, 0) is 25.4 Å². The van der Waals surface area contributed by atoms with E-state index in [0.717, 1.165) is 10.6 Å². The van der Waals surface area contributed by atoms with Crippen LogP contribution in [0.25, 0.3) is 0 Å². The summed E-state index contributed by atoms with van der Waals surface area (Å²) in [6.45, 7) is 5.56. The number of ether oxygens (including phenoxy) is 3. The van der Waals surface area contributed by atoms with Crippen molar-refractivity contribution in [2.75, 3.05) is 13.2 Å². The highest BCUT2D eigenvalue weighted by molar-refractivity contribution is 5.72. The van der Waals surface area contributed by atoms with Crippen LogP contribution in [-0.4, -0.2) is 42.6 Å². The van der Waals surface area contributed by atoms with Crippen molar-refractivity contribution in [1.29, 1.82) is 0 Å². The van der Waals surface area contributed by atoms with Crippen LogP contribution in [0.1, 0.15) is 32.8 Å². The lowest BCUT2D eigenvalue weighted by molar-refractivity contribution is -0.344. The Morgan fingerprint density at radius 1 is 1.25 bits per heavy atom. The average molecular weight is 338 g/mol. The molecule has 1 unspecified atom stereocenters. The Bertz CT molecular complexity index is 503. The van der Waals surface area contributed by atoms with Crippen LogP contribution in [0.5, 0.6) is 0 Å². The Morgan fingerprint density at radius 2 is 1.83 bits per heavy atom. The summed E-state index contributed by atoms with van der Waals surface area (Å²) in [6, 6.07) is 8.83. The SMILES string of the molecule is CCOC(C)(OCC)OC(=O)N(N)C(C=O)CCc1ccccc1. The normalized spacial score (nSPS) is 12.5. The number of rotatable bonds is 10. The van der Waals surface area contributed by atoms with Gasteiger partial charge in [-0.05, 0) is 32.3 Å². The lowest BCUT2D eigenvalue weighted by atomic mass is 10.1. The first-order chi connectivity index (χ1) is 11.5. The predicted octanol–water partition coefficient (Wildman–Crippen LogP) is 2.25. The van der Waals surface area contributed by atoms with Crippen LogP contribution < -0.4 is 5.84 Å². The lowest BCUT2D eigenvalue weighted by Gasteiger charge is -2.31. The van der Waals surface area contributed by atoms with Gasteiger partial charge in [-0.25, -0.2) is 15.6 Å². The van der Waals surface area contributed by atoms with E-state index in [1.54, 1.807) is 13.8 Å². The highest BCUT2D eigenvalue weighted by atomic mass is 16.9. The molecular formula is C17H26N2O5. The van der Waals surface area contributed by atoms with E-state index in [1.165, 1.54) is 6.92 Å². The minimum atomic E-state index is -1.54. The Hall–Kier alpha value is -1.96. The predicted molar refractivity (Wildman–Crippen MR) is 88.8 cm³/mol. The van der Waals surface area contributed by atoms with Crippen molar-refractivity contribution in [1.82, 2.24) is 5.01 Å². The topological polar surface area (TPSA) is 91.1 Å². The monoisotopic (exact) mass is 338 g/mol. The molecule has 24 heavy (non-hydrogen) atoms. The third-order valence-corrected chi connectivity index (χ3v) is 3.38. The second kappa shape index (κ2) is 10.0. The molecule has 0 aliphatic heterocycles. The minimum absolute atomic E-state index is 0.291. The number of amides is 1. The Kier molecular flexibility index (Phi) is 8.39. The van der Waals surface area contributed by atoms with Crippen LogP contribution in [0.4, 0.5) is 4.79 Å². The molecule has 0 saturated carbocycles.